The summed E-state index contributed by atoms with van der Waals surface area (Å²) in [6.45, 7) is 7.00. The number of hydrogen-bond donors (Lipinski definition) is 1. The molecule has 0 spiro atoms. The first-order chi connectivity index (χ1) is 17.9. The Hall–Kier alpha value is -3.86. The minimum Gasteiger partial charge on any atom is -0.494 e. The fourth-order valence-corrected chi connectivity index (χ4v) is 5.35. The van der Waals surface area contributed by atoms with Gasteiger partial charge in [-0.1, -0.05) is 69.7 Å². The summed E-state index contributed by atoms with van der Waals surface area (Å²) in [4.78, 5) is 29.9. The summed E-state index contributed by atoms with van der Waals surface area (Å²) in [5, 5.41) is 3.57. The number of Topliss-reactive ketones (excluding diaryl/α,β-unsaturated/α-hetero) is 1. The van der Waals surface area contributed by atoms with Crippen LogP contribution >= 0.6 is 0 Å². The number of amides is 1. The van der Waals surface area contributed by atoms with E-state index in [4.69, 9.17) is 4.74 Å². The summed E-state index contributed by atoms with van der Waals surface area (Å²) in [7, 11) is 0. The lowest BCUT2D eigenvalue weighted by Gasteiger charge is -2.37. The smallest absolute Gasteiger partial charge is 0.259 e. The molecule has 3 aromatic rings. The Morgan fingerprint density at radius 2 is 1.76 bits per heavy atom. The number of carbonyl (C=O) groups is 2. The largest absolute Gasteiger partial charge is 0.494 e. The van der Waals surface area contributed by atoms with Crippen LogP contribution in [0.5, 0.6) is 5.75 Å². The summed E-state index contributed by atoms with van der Waals surface area (Å²) < 4.78 is 6.03. The van der Waals surface area contributed by atoms with Gasteiger partial charge in [-0.15, -0.1) is 0 Å². The van der Waals surface area contributed by atoms with Crippen molar-refractivity contribution in [2.45, 2.75) is 52.5 Å². The lowest BCUT2D eigenvalue weighted by atomic mass is 9.73. The van der Waals surface area contributed by atoms with E-state index in [1.165, 1.54) is 0 Å². The van der Waals surface area contributed by atoms with Crippen LogP contribution in [0.15, 0.2) is 90.1 Å². The zero-order valence-electron chi connectivity index (χ0n) is 21.8. The number of ether oxygens (including phenoxy) is 1. The van der Waals surface area contributed by atoms with E-state index in [0.29, 0.717) is 24.2 Å². The third-order valence-corrected chi connectivity index (χ3v) is 7.08. The Morgan fingerprint density at radius 1 is 1.00 bits per heavy atom. The van der Waals surface area contributed by atoms with Crippen LogP contribution in [-0.2, 0) is 4.79 Å². The Labute approximate surface area is 219 Å². The number of anilines is 2. The summed E-state index contributed by atoms with van der Waals surface area (Å²) >= 11 is 0. The molecule has 0 fully saturated rings. The fourth-order valence-electron chi connectivity index (χ4n) is 5.35. The third kappa shape index (κ3) is 5.04. The highest BCUT2D eigenvalue weighted by Gasteiger charge is 2.43. The molecule has 0 radical (unpaired) electrons. The predicted octanol–water partition coefficient (Wildman–Crippen LogP) is 7.32. The number of rotatable bonds is 6. The molecule has 0 aromatic heterocycles. The first-order valence-corrected chi connectivity index (χ1v) is 13.1. The summed E-state index contributed by atoms with van der Waals surface area (Å²) in [5.74, 6) is 0.664. The van der Waals surface area contributed by atoms with E-state index in [2.05, 4.69) is 26.1 Å². The summed E-state index contributed by atoms with van der Waals surface area (Å²) in [5.41, 5.74) is 4.38. The molecule has 0 saturated carbocycles. The van der Waals surface area contributed by atoms with E-state index in [9.17, 15) is 9.59 Å². The molecule has 0 saturated heterocycles. The molecule has 2 aliphatic rings. The van der Waals surface area contributed by atoms with E-state index in [1.54, 1.807) is 4.90 Å². The van der Waals surface area contributed by atoms with Gasteiger partial charge in [0.05, 0.1) is 24.0 Å². The monoisotopic (exact) mass is 494 g/mol. The molecule has 1 amide bonds. The van der Waals surface area contributed by atoms with Gasteiger partial charge in [0.2, 0.25) is 0 Å². The zero-order valence-corrected chi connectivity index (χ0v) is 21.8. The highest BCUT2D eigenvalue weighted by molar-refractivity contribution is 6.12. The topological polar surface area (TPSA) is 58.6 Å². The molecule has 5 rings (SSSR count). The van der Waals surface area contributed by atoms with E-state index in [1.807, 2.05) is 78.9 Å². The quantitative estimate of drug-likeness (QED) is 0.365. The maximum absolute atomic E-state index is 14.2. The van der Waals surface area contributed by atoms with Gasteiger partial charge in [-0.2, -0.15) is 0 Å². The molecule has 5 nitrogen and oxygen atoms in total. The number of hydrogen-bond acceptors (Lipinski definition) is 4. The number of benzene rings is 3. The molecule has 1 heterocycles. The van der Waals surface area contributed by atoms with Gasteiger partial charge < -0.3 is 10.1 Å². The highest BCUT2D eigenvalue weighted by atomic mass is 16.5. The van der Waals surface area contributed by atoms with Gasteiger partial charge in [-0.25, -0.2) is 0 Å². The van der Waals surface area contributed by atoms with Crippen molar-refractivity contribution in [3.63, 3.8) is 0 Å². The number of carbonyl (C=O) groups excluding carboxylic acids is 2. The number of fused-ring (bicyclic) bond motifs is 1. The maximum Gasteiger partial charge on any atom is 0.259 e. The fraction of sp³-hybridized carbons (Fsp3) is 0.312. The third-order valence-electron chi connectivity index (χ3n) is 7.08. The number of allylic oxidation sites excluding steroid dienone is 1. The second-order valence-corrected chi connectivity index (χ2v) is 10.7. The van der Waals surface area contributed by atoms with Gasteiger partial charge in [0.1, 0.15) is 5.75 Å². The molecule has 1 aliphatic carbocycles. The summed E-state index contributed by atoms with van der Waals surface area (Å²) in [6, 6.07) is 24.4. The molecule has 1 atom stereocenters. The molecule has 37 heavy (non-hydrogen) atoms. The van der Waals surface area contributed by atoms with E-state index in [0.717, 1.165) is 47.6 Å². The van der Waals surface area contributed by atoms with Gasteiger partial charge >= 0.3 is 0 Å². The van der Waals surface area contributed by atoms with Crippen LogP contribution in [0.25, 0.3) is 0 Å². The van der Waals surface area contributed by atoms with Crippen molar-refractivity contribution in [3.8, 4) is 5.75 Å². The maximum atomic E-state index is 14.2. The second-order valence-electron chi connectivity index (χ2n) is 10.7. The van der Waals surface area contributed by atoms with Crippen LogP contribution < -0.4 is 15.0 Å². The van der Waals surface area contributed by atoms with Gasteiger partial charge in [-0.05, 0) is 60.2 Å². The molecule has 3 aromatic carbocycles. The van der Waals surface area contributed by atoms with Gasteiger partial charge in [0.25, 0.3) is 5.91 Å². The van der Waals surface area contributed by atoms with Crippen LogP contribution in [0.2, 0.25) is 0 Å². The van der Waals surface area contributed by atoms with Crippen molar-refractivity contribution in [1.82, 2.24) is 0 Å². The van der Waals surface area contributed by atoms with Crippen molar-refractivity contribution >= 4 is 23.1 Å². The van der Waals surface area contributed by atoms with E-state index >= 15 is 0 Å². The average molecular weight is 495 g/mol. The number of ketones is 1. The standard InChI is InChI=1S/C32H34N2O3/c1-4-5-18-37-24-15-11-14-23(19-24)30-29-26(20-32(2,3)21-28(29)35)33-25-16-9-10-17-27(25)34(30)31(36)22-12-7-6-8-13-22/h6-17,19,30,33H,4-5,18,20-21H2,1-3H3. The van der Waals surface area contributed by atoms with E-state index < -0.39 is 6.04 Å². The van der Waals surface area contributed by atoms with Crippen LogP contribution in [0, 0.1) is 5.41 Å². The molecule has 190 valence electrons. The molecular weight excluding hydrogens is 460 g/mol. The molecule has 0 bridgehead atoms. The number of unbranched alkanes of at least 4 members (excludes halogenated alkanes) is 1. The molecule has 1 aliphatic heterocycles. The van der Waals surface area contributed by atoms with Crippen molar-refractivity contribution in [2.75, 3.05) is 16.8 Å². The number of para-hydroxylation sites is 2. The Kier molecular flexibility index (Phi) is 6.88. The SMILES string of the molecule is CCCCOc1cccc(C2C3=C(CC(C)(C)CC3=O)Nc3ccccc3N2C(=O)c2ccccc2)c1. The van der Waals surface area contributed by atoms with Gasteiger partial charge in [0.15, 0.2) is 5.78 Å². The van der Waals surface area contributed by atoms with Crippen molar-refractivity contribution < 1.29 is 14.3 Å². The van der Waals surface area contributed by atoms with Crippen LogP contribution in [0.3, 0.4) is 0 Å². The highest BCUT2D eigenvalue weighted by Crippen LogP contribution is 2.49. The van der Waals surface area contributed by atoms with Crippen LogP contribution in [0.1, 0.15) is 68.4 Å². The van der Waals surface area contributed by atoms with Crippen molar-refractivity contribution in [3.05, 3.63) is 101 Å². The number of nitrogens with one attached hydrogen (secondary N) is 1. The molecule has 1 N–H and O–H groups in total. The lowest BCUT2D eigenvalue weighted by Crippen LogP contribution is -2.39. The minimum atomic E-state index is -0.586. The molecule has 1 unspecified atom stereocenters. The van der Waals surface area contributed by atoms with Crippen molar-refractivity contribution in [2.24, 2.45) is 5.41 Å². The Morgan fingerprint density at radius 3 is 2.54 bits per heavy atom. The van der Waals surface area contributed by atoms with Crippen LogP contribution in [0.4, 0.5) is 11.4 Å². The van der Waals surface area contributed by atoms with Gasteiger partial charge in [0, 0.05) is 23.3 Å². The normalized spacial score (nSPS) is 18.4. The minimum absolute atomic E-state index is 0.0692. The number of nitrogens with zero attached hydrogens (tertiary/aromatic N) is 1. The zero-order chi connectivity index (χ0) is 26.0. The van der Waals surface area contributed by atoms with Crippen LogP contribution in [-0.4, -0.2) is 18.3 Å². The first-order valence-electron chi connectivity index (χ1n) is 13.1. The summed E-state index contributed by atoms with van der Waals surface area (Å²) in [6.07, 6.45) is 3.16. The average Bonchev–Trinajstić information content (AvgIpc) is 3.03. The van der Waals surface area contributed by atoms with E-state index in [-0.39, 0.29) is 17.1 Å². The van der Waals surface area contributed by atoms with Crippen molar-refractivity contribution in [1.29, 1.82) is 0 Å². The molecule has 5 heteroatoms. The Bertz CT molecular complexity index is 1340. The Balaban J connectivity index is 1.72. The van der Waals surface area contributed by atoms with Gasteiger partial charge in [-0.3, -0.25) is 14.5 Å². The molecular formula is C32H34N2O3. The lowest BCUT2D eigenvalue weighted by molar-refractivity contribution is -0.118. The second kappa shape index (κ2) is 10.3. The first kappa shape index (κ1) is 24.8. The predicted molar refractivity (Wildman–Crippen MR) is 148 cm³/mol.